The van der Waals surface area contributed by atoms with Crippen LogP contribution in [0.25, 0.3) is 11.0 Å². The topological polar surface area (TPSA) is 128 Å². The first kappa shape index (κ1) is 18.2. The molecule has 0 saturated carbocycles. The Bertz CT molecular complexity index is 1210. The molecule has 4 N–H and O–H groups in total. The van der Waals surface area contributed by atoms with Crippen LogP contribution >= 0.6 is 0 Å². The fourth-order valence-corrected chi connectivity index (χ4v) is 2.69. The second-order valence-electron chi connectivity index (χ2n) is 5.91. The summed E-state index contributed by atoms with van der Waals surface area (Å²) < 4.78 is 24.9. The Labute approximate surface area is 163 Å². The highest BCUT2D eigenvalue weighted by Crippen LogP contribution is 2.31. The Morgan fingerprint density at radius 2 is 2.03 bits per heavy atom. The molecule has 0 atom stereocenters. The summed E-state index contributed by atoms with van der Waals surface area (Å²) in [5, 5.41) is 3.61. The SMILES string of the molecule is COC(=O)c1cc(Nc2ccc(Oc3ccnc4[nH]ccc34)c(F)c2)nc(N)n1. The van der Waals surface area contributed by atoms with E-state index in [0.29, 0.717) is 17.1 Å². The molecule has 0 aliphatic carbocycles. The van der Waals surface area contributed by atoms with Crippen LogP contribution in [0.1, 0.15) is 10.5 Å². The monoisotopic (exact) mass is 394 g/mol. The molecular formula is C19H15FN6O3. The Balaban J connectivity index is 1.57. The Hall–Kier alpha value is -4.21. The summed E-state index contributed by atoms with van der Waals surface area (Å²) in [6.45, 7) is 0. The van der Waals surface area contributed by atoms with Crippen molar-refractivity contribution in [2.24, 2.45) is 0 Å². The van der Waals surface area contributed by atoms with Gasteiger partial charge in [0, 0.05) is 30.2 Å². The smallest absolute Gasteiger partial charge is 0.356 e. The number of aromatic amines is 1. The highest BCUT2D eigenvalue weighted by atomic mass is 19.1. The number of hydrogen-bond acceptors (Lipinski definition) is 8. The van der Waals surface area contributed by atoms with Gasteiger partial charge in [-0.1, -0.05) is 0 Å². The van der Waals surface area contributed by atoms with Crippen LogP contribution in [-0.4, -0.2) is 33.0 Å². The number of H-pyrrole nitrogens is 1. The lowest BCUT2D eigenvalue weighted by Crippen LogP contribution is -2.09. The molecule has 0 unspecified atom stereocenters. The van der Waals surface area contributed by atoms with E-state index >= 15 is 0 Å². The maximum absolute atomic E-state index is 14.6. The Morgan fingerprint density at radius 3 is 2.83 bits per heavy atom. The third kappa shape index (κ3) is 3.76. The molecule has 0 amide bonds. The fraction of sp³-hybridized carbons (Fsp3) is 0.0526. The van der Waals surface area contributed by atoms with Gasteiger partial charge in [-0.15, -0.1) is 0 Å². The summed E-state index contributed by atoms with van der Waals surface area (Å²) in [6, 6.07) is 9.11. The zero-order chi connectivity index (χ0) is 20.4. The zero-order valence-corrected chi connectivity index (χ0v) is 15.1. The van der Waals surface area contributed by atoms with Gasteiger partial charge >= 0.3 is 5.97 Å². The molecule has 146 valence electrons. The van der Waals surface area contributed by atoms with Gasteiger partial charge in [-0.2, -0.15) is 4.98 Å². The zero-order valence-electron chi connectivity index (χ0n) is 15.1. The van der Waals surface area contributed by atoms with E-state index in [9.17, 15) is 9.18 Å². The number of aromatic nitrogens is 4. The van der Waals surface area contributed by atoms with Gasteiger partial charge in [-0.25, -0.2) is 19.2 Å². The number of nitrogen functional groups attached to an aromatic ring is 1. The van der Waals surface area contributed by atoms with Gasteiger partial charge < -0.3 is 25.5 Å². The molecule has 0 radical (unpaired) electrons. The summed E-state index contributed by atoms with van der Waals surface area (Å²) in [5.74, 6) is -0.641. The van der Waals surface area contributed by atoms with Crippen LogP contribution in [0.2, 0.25) is 0 Å². The number of rotatable bonds is 5. The van der Waals surface area contributed by atoms with Crippen molar-refractivity contribution < 1.29 is 18.7 Å². The summed E-state index contributed by atoms with van der Waals surface area (Å²) >= 11 is 0. The van der Waals surface area contributed by atoms with Crippen molar-refractivity contribution in [2.75, 3.05) is 18.2 Å². The number of hydrogen-bond donors (Lipinski definition) is 3. The predicted octanol–water partition coefficient (Wildman–Crippen LogP) is 3.40. The molecule has 0 aliphatic rings. The highest BCUT2D eigenvalue weighted by molar-refractivity contribution is 5.88. The molecule has 0 bridgehead atoms. The number of nitrogens with one attached hydrogen (secondary N) is 2. The average molecular weight is 394 g/mol. The van der Waals surface area contributed by atoms with Crippen molar-refractivity contribution in [1.82, 2.24) is 19.9 Å². The lowest BCUT2D eigenvalue weighted by molar-refractivity contribution is 0.0594. The van der Waals surface area contributed by atoms with E-state index < -0.39 is 11.8 Å². The lowest BCUT2D eigenvalue weighted by atomic mass is 10.2. The van der Waals surface area contributed by atoms with E-state index in [-0.39, 0.29) is 23.2 Å². The third-order valence-corrected chi connectivity index (χ3v) is 3.98. The number of nitrogens with two attached hydrogens (primary N) is 1. The van der Waals surface area contributed by atoms with Gasteiger partial charge in [-0.05, 0) is 24.3 Å². The van der Waals surface area contributed by atoms with Crippen molar-refractivity contribution in [3.8, 4) is 11.5 Å². The van der Waals surface area contributed by atoms with Crippen LogP contribution in [0.15, 0.2) is 48.8 Å². The van der Waals surface area contributed by atoms with Gasteiger partial charge in [0.05, 0.1) is 12.5 Å². The number of anilines is 3. The summed E-state index contributed by atoms with van der Waals surface area (Å²) in [6.07, 6.45) is 3.30. The van der Waals surface area contributed by atoms with E-state index in [4.69, 9.17) is 10.5 Å². The molecule has 10 heteroatoms. The number of pyridine rings is 1. The number of carbonyl (C=O) groups excluding carboxylic acids is 1. The molecule has 0 aliphatic heterocycles. The van der Waals surface area contributed by atoms with Crippen molar-refractivity contribution in [2.45, 2.75) is 0 Å². The maximum Gasteiger partial charge on any atom is 0.356 e. The van der Waals surface area contributed by atoms with Crippen LogP contribution < -0.4 is 15.8 Å². The van der Waals surface area contributed by atoms with E-state index in [1.807, 2.05) is 0 Å². The van der Waals surface area contributed by atoms with E-state index in [1.165, 1.54) is 25.3 Å². The van der Waals surface area contributed by atoms with Gasteiger partial charge in [0.1, 0.15) is 17.2 Å². The van der Waals surface area contributed by atoms with Gasteiger partial charge in [0.25, 0.3) is 0 Å². The van der Waals surface area contributed by atoms with Crippen molar-refractivity contribution >= 4 is 34.5 Å². The fourth-order valence-electron chi connectivity index (χ4n) is 2.69. The third-order valence-electron chi connectivity index (χ3n) is 3.98. The van der Waals surface area contributed by atoms with Gasteiger partial charge in [-0.3, -0.25) is 0 Å². The summed E-state index contributed by atoms with van der Waals surface area (Å²) in [4.78, 5) is 26.5. The molecule has 0 fully saturated rings. The summed E-state index contributed by atoms with van der Waals surface area (Å²) in [7, 11) is 1.23. The van der Waals surface area contributed by atoms with Crippen LogP contribution in [-0.2, 0) is 4.74 Å². The summed E-state index contributed by atoms with van der Waals surface area (Å²) in [5.41, 5.74) is 6.62. The average Bonchev–Trinajstić information content (AvgIpc) is 3.19. The van der Waals surface area contributed by atoms with Crippen molar-refractivity contribution in [1.29, 1.82) is 0 Å². The number of fused-ring (bicyclic) bond motifs is 1. The molecular weight excluding hydrogens is 379 g/mol. The van der Waals surface area contributed by atoms with Crippen LogP contribution in [0.3, 0.4) is 0 Å². The number of benzene rings is 1. The molecule has 1 aromatic carbocycles. The molecule has 29 heavy (non-hydrogen) atoms. The Kier molecular flexibility index (Phi) is 4.65. The number of esters is 1. The lowest BCUT2D eigenvalue weighted by Gasteiger charge is -2.11. The second kappa shape index (κ2) is 7.43. The second-order valence-corrected chi connectivity index (χ2v) is 5.91. The molecule has 3 heterocycles. The van der Waals surface area contributed by atoms with Crippen LogP contribution in [0.5, 0.6) is 11.5 Å². The molecule has 9 nitrogen and oxygen atoms in total. The van der Waals surface area contributed by atoms with E-state index in [2.05, 4.69) is 30.0 Å². The number of methoxy groups -OCH3 is 1. The minimum Gasteiger partial charge on any atom is -0.464 e. The minimum atomic E-state index is -0.662. The number of ether oxygens (including phenoxy) is 2. The van der Waals surface area contributed by atoms with Crippen LogP contribution in [0, 0.1) is 5.82 Å². The largest absolute Gasteiger partial charge is 0.464 e. The van der Waals surface area contributed by atoms with Crippen molar-refractivity contribution in [3.63, 3.8) is 0 Å². The van der Waals surface area contributed by atoms with Gasteiger partial charge in [0.15, 0.2) is 17.3 Å². The highest BCUT2D eigenvalue weighted by Gasteiger charge is 2.13. The quantitative estimate of drug-likeness (QED) is 0.440. The molecule has 3 aromatic heterocycles. The first-order chi connectivity index (χ1) is 14.0. The van der Waals surface area contributed by atoms with E-state index in [1.54, 1.807) is 30.6 Å². The van der Waals surface area contributed by atoms with Crippen molar-refractivity contribution in [3.05, 3.63) is 60.3 Å². The molecule has 4 rings (SSSR count). The number of carbonyl (C=O) groups is 1. The molecule has 4 aromatic rings. The van der Waals surface area contributed by atoms with E-state index in [0.717, 1.165) is 5.39 Å². The number of halogens is 1. The number of nitrogens with zero attached hydrogens (tertiary/aromatic N) is 3. The molecule has 0 spiro atoms. The predicted molar refractivity (Wildman–Crippen MR) is 104 cm³/mol. The first-order valence-electron chi connectivity index (χ1n) is 8.43. The molecule has 0 saturated heterocycles. The normalized spacial score (nSPS) is 10.7. The standard InChI is InChI=1S/C19H15FN6O3/c1-28-18(27)13-9-16(26-19(21)25-13)24-10-2-3-15(12(20)8-10)29-14-5-7-23-17-11(14)4-6-22-17/h2-9H,1H3,(H,22,23)(H3,21,24,25,26). The first-order valence-corrected chi connectivity index (χ1v) is 8.43. The Morgan fingerprint density at radius 1 is 1.17 bits per heavy atom. The van der Waals surface area contributed by atoms with Crippen LogP contribution in [0.4, 0.5) is 21.8 Å². The van der Waals surface area contributed by atoms with Gasteiger partial charge in [0.2, 0.25) is 5.95 Å². The maximum atomic E-state index is 14.6. The minimum absolute atomic E-state index is 0.0175.